The second-order valence-electron chi connectivity index (χ2n) is 8.11. The Morgan fingerprint density at radius 2 is 1.55 bits per heavy atom. The van der Waals surface area contributed by atoms with Crippen molar-refractivity contribution in [2.75, 3.05) is 6.26 Å². The maximum absolute atomic E-state index is 13.2. The van der Waals surface area contributed by atoms with E-state index in [0.717, 1.165) is 11.8 Å². The number of rotatable bonds is 4. The quantitative estimate of drug-likeness (QED) is 0.478. The second kappa shape index (κ2) is 7.35. The number of pyridine rings is 1. The van der Waals surface area contributed by atoms with Crippen LogP contribution in [0.5, 0.6) is 0 Å². The molecule has 4 aromatic rings. The van der Waals surface area contributed by atoms with Crippen molar-refractivity contribution in [1.29, 1.82) is 0 Å². The topological polar surface area (TPSA) is 96.1 Å². The zero-order valence-corrected chi connectivity index (χ0v) is 18.2. The zero-order valence-electron chi connectivity index (χ0n) is 17.4. The SMILES string of the molecule is CC(C)(NC(=O)c1cc2[nH]c3ccccc3c(=O)c2cc1S(C)(=O)=O)c1ccccc1. The van der Waals surface area contributed by atoms with E-state index in [1.165, 1.54) is 12.1 Å². The molecule has 0 aliphatic heterocycles. The van der Waals surface area contributed by atoms with Gasteiger partial charge < -0.3 is 10.3 Å². The monoisotopic (exact) mass is 434 g/mol. The van der Waals surface area contributed by atoms with E-state index < -0.39 is 21.3 Å². The van der Waals surface area contributed by atoms with Gasteiger partial charge in [-0.15, -0.1) is 0 Å². The molecule has 7 heteroatoms. The number of para-hydroxylation sites is 1. The summed E-state index contributed by atoms with van der Waals surface area (Å²) in [5, 5.41) is 3.60. The molecule has 0 saturated carbocycles. The summed E-state index contributed by atoms with van der Waals surface area (Å²) in [5.74, 6) is -0.537. The van der Waals surface area contributed by atoms with Crippen LogP contribution in [-0.4, -0.2) is 25.6 Å². The third kappa shape index (κ3) is 3.84. The Bertz CT molecular complexity index is 1490. The van der Waals surface area contributed by atoms with E-state index in [4.69, 9.17) is 0 Å². The molecule has 2 N–H and O–H groups in total. The molecule has 0 atom stereocenters. The highest BCUT2D eigenvalue weighted by Gasteiger charge is 2.27. The van der Waals surface area contributed by atoms with Gasteiger partial charge in [0.2, 0.25) is 0 Å². The maximum atomic E-state index is 13.2. The second-order valence-corrected chi connectivity index (χ2v) is 10.1. The smallest absolute Gasteiger partial charge is 0.253 e. The number of nitrogens with one attached hydrogen (secondary N) is 2. The van der Waals surface area contributed by atoms with Gasteiger partial charge in [0.15, 0.2) is 15.3 Å². The highest BCUT2D eigenvalue weighted by molar-refractivity contribution is 7.90. The minimum absolute atomic E-state index is 0.00932. The average molecular weight is 435 g/mol. The number of carbonyl (C=O) groups is 1. The van der Waals surface area contributed by atoms with E-state index in [0.29, 0.717) is 16.4 Å². The molecule has 1 heterocycles. The first-order valence-corrected chi connectivity index (χ1v) is 11.6. The Balaban J connectivity index is 1.91. The summed E-state index contributed by atoms with van der Waals surface area (Å²) < 4.78 is 25.0. The molecule has 0 radical (unpaired) electrons. The first-order chi connectivity index (χ1) is 14.6. The summed E-state index contributed by atoms with van der Waals surface area (Å²) in [7, 11) is -3.77. The van der Waals surface area contributed by atoms with Crippen LogP contribution >= 0.6 is 0 Å². The summed E-state index contributed by atoms with van der Waals surface area (Å²) >= 11 is 0. The van der Waals surface area contributed by atoms with Crippen LogP contribution in [0, 0.1) is 0 Å². The zero-order chi connectivity index (χ0) is 22.4. The highest BCUT2D eigenvalue weighted by Crippen LogP contribution is 2.26. The van der Waals surface area contributed by atoms with Gasteiger partial charge in [-0.05, 0) is 43.7 Å². The number of benzene rings is 3. The van der Waals surface area contributed by atoms with Crippen LogP contribution in [0.3, 0.4) is 0 Å². The number of H-pyrrole nitrogens is 1. The van der Waals surface area contributed by atoms with Gasteiger partial charge in [0.05, 0.1) is 21.5 Å². The molecule has 0 spiro atoms. The molecule has 3 aromatic carbocycles. The van der Waals surface area contributed by atoms with Crippen LogP contribution in [0.4, 0.5) is 0 Å². The number of fused-ring (bicyclic) bond motifs is 2. The van der Waals surface area contributed by atoms with Crippen LogP contribution in [0.25, 0.3) is 21.8 Å². The molecule has 0 unspecified atom stereocenters. The summed E-state index contributed by atoms with van der Waals surface area (Å²) in [6.45, 7) is 3.69. The number of amides is 1. The molecular formula is C24H22N2O4S. The van der Waals surface area contributed by atoms with Gasteiger partial charge in [-0.3, -0.25) is 9.59 Å². The third-order valence-electron chi connectivity index (χ3n) is 5.37. The molecular weight excluding hydrogens is 412 g/mol. The number of sulfone groups is 1. The lowest BCUT2D eigenvalue weighted by Gasteiger charge is -2.27. The predicted molar refractivity (Wildman–Crippen MR) is 122 cm³/mol. The average Bonchev–Trinajstić information content (AvgIpc) is 2.73. The minimum atomic E-state index is -3.77. The number of hydrogen-bond donors (Lipinski definition) is 2. The van der Waals surface area contributed by atoms with Crippen molar-refractivity contribution >= 4 is 37.6 Å². The summed E-state index contributed by atoms with van der Waals surface area (Å²) in [5.41, 5.74) is 0.862. The molecule has 0 fully saturated rings. The molecule has 0 saturated heterocycles. The standard InChI is InChI=1S/C24H22N2O4S/c1-24(2,15-9-5-4-6-10-15)26-23(28)18-13-20-17(14-21(18)31(3,29)30)22(27)16-11-7-8-12-19(16)25-20/h4-14H,1-3H3,(H,25,27)(H,26,28). The summed E-state index contributed by atoms with van der Waals surface area (Å²) in [6, 6.07) is 19.1. The van der Waals surface area contributed by atoms with Crippen molar-refractivity contribution in [2.24, 2.45) is 0 Å². The Labute approximate surface area is 179 Å². The first-order valence-electron chi connectivity index (χ1n) is 9.75. The molecule has 158 valence electrons. The van der Waals surface area contributed by atoms with E-state index in [2.05, 4.69) is 10.3 Å². The molecule has 31 heavy (non-hydrogen) atoms. The van der Waals surface area contributed by atoms with Crippen molar-refractivity contribution in [2.45, 2.75) is 24.3 Å². The van der Waals surface area contributed by atoms with E-state index in [9.17, 15) is 18.0 Å². The number of aromatic nitrogens is 1. The van der Waals surface area contributed by atoms with E-state index >= 15 is 0 Å². The van der Waals surface area contributed by atoms with Gasteiger partial charge in [0.25, 0.3) is 5.91 Å². The minimum Gasteiger partial charge on any atom is -0.354 e. The summed E-state index contributed by atoms with van der Waals surface area (Å²) in [6.07, 6.45) is 1.03. The fourth-order valence-corrected chi connectivity index (χ4v) is 4.60. The normalized spacial score (nSPS) is 12.2. The molecule has 4 rings (SSSR count). The first kappa shape index (κ1) is 20.8. The van der Waals surface area contributed by atoms with Crippen molar-refractivity contribution in [3.63, 3.8) is 0 Å². The Hall–Kier alpha value is -3.45. The van der Waals surface area contributed by atoms with Gasteiger partial charge in [0, 0.05) is 22.5 Å². The van der Waals surface area contributed by atoms with Crippen LogP contribution in [0.2, 0.25) is 0 Å². The van der Waals surface area contributed by atoms with Gasteiger partial charge in [0.1, 0.15) is 0 Å². The van der Waals surface area contributed by atoms with Gasteiger partial charge in [-0.25, -0.2) is 8.42 Å². The Morgan fingerprint density at radius 1 is 0.903 bits per heavy atom. The van der Waals surface area contributed by atoms with Crippen LogP contribution < -0.4 is 10.7 Å². The van der Waals surface area contributed by atoms with Gasteiger partial charge in [-0.1, -0.05) is 42.5 Å². The predicted octanol–water partition coefficient (Wildman–Crippen LogP) is 3.75. The Morgan fingerprint density at radius 3 is 2.23 bits per heavy atom. The number of aromatic amines is 1. The lowest BCUT2D eigenvalue weighted by Crippen LogP contribution is -2.41. The maximum Gasteiger partial charge on any atom is 0.253 e. The lowest BCUT2D eigenvalue weighted by molar-refractivity contribution is 0.0908. The molecule has 0 aliphatic rings. The number of hydrogen-bond acceptors (Lipinski definition) is 4. The highest BCUT2D eigenvalue weighted by atomic mass is 32.2. The van der Waals surface area contributed by atoms with Crippen molar-refractivity contribution < 1.29 is 13.2 Å². The fourth-order valence-electron chi connectivity index (χ4n) is 3.71. The van der Waals surface area contributed by atoms with Crippen molar-refractivity contribution in [1.82, 2.24) is 10.3 Å². The largest absolute Gasteiger partial charge is 0.354 e. The van der Waals surface area contributed by atoms with Crippen LogP contribution in [-0.2, 0) is 15.4 Å². The van der Waals surface area contributed by atoms with Crippen LogP contribution in [0.1, 0.15) is 29.8 Å². The third-order valence-corrected chi connectivity index (χ3v) is 6.51. The van der Waals surface area contributed by atoms with Crippen LogP contribution in [0.15, 0.2) is 76.4 Å². The van der Waals surface area contributed by atoms with Gasteiger partial charge in [-0.2, -0.15) is 0 Å². The van der Waals surface area contributed by atoms with E-state index in [1.54, 1.807) is 24.3 Å². The molecule has 1 aromatic heterocycles. The molecule has 0 aliphatic carbocycles. The fraction of sp³-hybridized carbons (Fsp3) is 0.167. The van der Waals surface area contributed by atoms with Gasteiger partial charge >= 0.3 is 0 Å². The molecule has 6 nitrogen and oxygen atoms in total. The van der Waals surface area contributed by atoms with E-state index in [-0.39, 0.29) is 21.3 Å². The van der Waals surface area contributed by atoms with Crippen molar-refractivity contribution in [3.05, 3.63) is 88.1 Å². The van der Waals surface area contributed by atoms with E-state index in [1.807, 2.05) is 44.2 Å². The molecule has 0 bridgehead atoms. The van der Waals surface area contributed by atoms with Crippen molar-refractivity contribution in [3.8, 4) is 0 Å². The Kier molecular flexibility index (Phi) is 4.94. The lowest BCUT2D eigenvalue weighted by atomic mass is 9.94. The summed E-state index contributed by atoms with van der Waals surface area (Å²) in [4.78, 5) is 29.1. The molecule has 1 amide bonds. The number of carbonyl (C=O) groups excluding carboxylic acids is 1.